The number of amidine groups is 1. The molecule has 0 atom stereocenters. The van der Waals surface area contributed by atoms with Crippen molar-refractivity contribution in [1.29, 1.82) is 5.41 Å². The minimum atomic E-state index is 0.0855. The van der Waals surface area contributed by atoms with Gasteiger partial charge in [0.2, 0.25) is 0 Å². The highest BCUT2D eigenvalue weighted by Gasteiger charge is 2.05. The fourth-order valence-electron chi connectivity index (χ4n) is 1.74. The summed E-state index contributed by atoms with van der Waals surface area (Å²) in [6.45, 7) is 2.13. The van der Waals surface area contributed by atoms with Gasteiger partial charge in [0.1, 0.15) is 5.84 Å². The first kappa shape index (κ1) is 14.2. The molecule has 0 amide bonds. The standard InChI is InChI=1S/C15H15BrN2S/c1-10-4-2-3-5-11(10)9-19-12-6-7-13(15(17)18)14(16)8-12/h2-8H,9H2,1H3,(H3,17,18). The Bertz CT molecular complexity index is 611. The largest absolute Gasteiger partial charge is 0.384 e. The predicted molar refractivity (Wildman–Crippen MR) is 85.9 cm³/mol. The molecule has 0 radical (unpaired) electrons. The van der Waals surface area contributed by atoms with Gasteiger partial charge in [0.05, 0.1) is 0 Å². The van der Waals surface area contributed by atoms with Gasteiger partial charge in [-0.15, -0.1) is 11.8 Å². The van der Waals surface area contributed by atoms with Crippen molar-refractivity contribution in [2.45, 2.75) is 17.6 Å². The van der Waals surface area contributed by atoms with Crippen molar-refractivity contribution >= 4 is 33.5 Å². The van der Waals surface area contributed by atoms with Gasteiger partial charge in [-0.1, -0.05) is 24.3 Å². The minimum absolute atomic E-state index is 0.0855. The molecular weight excluding hydrogens is 320 g/mol. The van der Waals surface area contributed by atoms with E-state index >= 15 is 0 Å². The molecule has 4 heteroatoms. The van der Waals surface area contributed by atoms with Gasteiger partial charge >= 0.3 is 0 Å². The van der Waals surface area contributed by atoms with E-state index in [2.05, 4.69) is 47.1 Å². The molecule has 0 fully saturated rings. The van der Waals surface area contributed by atoms with Crippen LogP contribution in [0.25, 0.3) is 0 Å². The maximum Gasteiger partial charge on any atom is 0.123 e. The number of aryl methyl sites for hydroxylation is 1. The molecule has 0 unspecified atom stereocenters. The lowest BCUT2D eigenvalue weighted by Crippen LogP contribution is -2.11. The van der Waals surface area contributed by atoms with Gasteiger partial charge < -0.3 is 5.73 Å². The molecule has 2 rings (SSSR count). The van der Waals surface area contributed by atoms with Crippen LogP contribution in [-0.2, 0) is 5.75 Å². The third-order valence-corrected chi connectivity index (χ3v) is 4.59. The monoisotopic (exact) mass is 334 g/mol. The fraction of sp³-hybridized carbons (Fsp3) is 0.133. The van der Waals surface area contributed by atoms with Crippen molar-refractivity contribution in [3.63, 3.8) is 0 Å². The molecule has 0 aromatic heterocycles. The first-order valence-electron chi connectivity index (χ1n) is 5.89. The SMILES string of the molecule is Cc1ccccc1CSc1ccc(C(=N)N)c(Br)c1. The number of nitrogens with one attached hydrogen (secondary N) is 1. The molecule has 0 bridgehead atoms. The first-order chi connectivity index (χ1) is 9.08. The van der Waals surface area contributed by atoms with Crippen LogP contribution in [0, 0.1) is 12.3 Å². The second kappa shape index (κ2) is 6.26. The average molecular weight is 335 g/mol. The summed E-state index contributed by atoms with van der Waals surface area (Å²) in [5.74, 6) is 1.03. The van der Waals surface area contributed by atoms with Gasteiger partial charge in [-0.05, 0) is 52.2 Å². The van der Waals surface area contributed by atoms with Crippen LogP contribution in [0.2, 0.25) is 0 Å². The zero-order chi connectivity index (χ0) is 13.8. The van der Waals surface area contributed by atoms with Gasteiger partial charge in [0.25, 0.3) is 0 Å². The van der Waals surface area contributed by atoms with Crippen LogP contribution in [0.15, 0.2) is 51.8 Å². The lowest BCUT2D eigenvalue weighted by atomic mass is 10.1. The highest BCUT2D eigenvalue weighted by molar-refractivity contribution is 9.10. The number of nitrogens with two attached hydrogens (primary N) is 1. The molecular formula is C15H15BrN2S. The predicted octanol–water partition coefficient (Wildman–Crippen LogP) is 4.33. The van der Waals surface area contributed by atoms with E-state index < -0.39 is 0 Å². The Morgan fingerprint density at radius 2 is 2.00 bits per heavy atom. The zero-order valence-corrected chi connectivity index (χ0v) is 13.0. The van der Waals surface area contributed by atoms with E-state index in [1.54, 1.807) is 11.8 Å². The van der Waals surface area contributed by atoms with Crippen LogP contribution >= 0.6 is 27.7 Å². The fourth-order valence-corrected chi connectivity index (χ4v) is 3.49. The Kier molecular flexibility index (Phi) is 4.66. The lowest BCUT2D eigenvalue weighted by Gasteiger charge is -2.07. The highest BCUT2D eigenvalue weighted by atomic mass is 79.9. The summed E-state index contributed by atoms with van der Waals surface area (Å²) in [7, 11) is 0. The molecule has 2 aromatic carbocycles. The molecule has 0 aliphatic heterocycles. The molecule has 0 aliphatic rings. The van der Waals surface area contributed by atoms with E-state index in [9.17, 15) is 0 Å². The van der Waals surface area contributed by atoms with Crippen molar-refractivity contribution in [1.82, 2.24) is 0 Å². The number of rotatable bonds is 4. The third kappa shape index (κ3) is 3.61. The molecule has 0 saturated carbocycles. The van der Waals surface area contributed by atoms with E-state index in [4.69, 9.17) is 11.1 Å². The van der Waals surface area contributed by atoms with Crippen molar-refractivity contribution in [2.75, 3.05) is 0 Å². The molecule has 19 heavy (non-hydrogen) atoms. The van der Waals surface area contributed by atoms with Crippen LogP contribution in [0.4, 0.5) is 0 Å². The van der Waals surface area contributed by atoms with E-state index in [1.165, 1.54) is 16.0 Å². The van der Waals surface area contributed by atoms with Crippen LogP contribution in [0.5, 0.6) is 0 Å². The van der Waals surface area contributed by atoms with Crippen molar-refractivity contribution in [3.05, 3.63) is 63.6 Å². The Hall–Kier alpha value is -1.26. The summed E-state index contributed by atoms with van der Waals surface area (Å²) >= 11 is 5.24. The van der Waals surface area contributed by atoms with E-state index in [1.807, 2.05) is 18.2 Å². The quantitative estimate of drug-likeness (QED) is 0.496. The van der Waals surface area contributed by atoms with E-state index in [0.717, 1.165) is 15.8 Å². The first-order valence-corrected chi connectivity index (χ1v) is 7.67. The second-order valence-electron chi connectivity index (χ2n) is 4.27. The molecule has 98 valence electrons. The summed E-state index contributed by atoms with van der Waals surface area (Å²) in [6.07, 6.45) is 0. The van der Waals surface area contributed by atoms with E-state index in [0.29, 0.717) is 0 Å². The Labute approximate surface area is 126 Å². The van der Waals surface area contributed by atoms with Crippen LogP contribution in [-0.4, -0.2) is 5.84 Å². The van der Waals surface area contributed by atoms with Crippen molar-refractivity contribution in [2.24, 2.45) is 5.73 Å². The third-order valence-electron chi connectivity index (χ3n) is 2.89. The summed E-state index contributed by atoms with van der Waals surface area (Å²) < 4.78 is 0.870. The maximum atomic E-state index is 7.45. The van der Waals surface area contributed by atoms with Gasteiger partial charge in [-0.2, -0.15) is 0 Å². The smallest absolute Gasteiger partial charge is 0.123 e. The normalized spacial score (nSPS) is 10.4. The van der Waals surface area contributed by atoms with Gasteiger partial charge in [-0.3, -0.25) is 5.41 Å². The Balaban J connectivity index is 2.11. The Morgan fingerprint density at radius 1 is 1.26 bits per heavy atom. The van der Waals surface area contributed by atoms with Gasteiger partial charge in [0.15, 0.2) is 0 Å². The minimum Gasteiger partial charge on any atom is -0.384 e. The summed E-state index contributed by atoms with van der Waals surface area (Å²) in [4.78, 5) is 1.17. The molecule has 2 aromatic rings. The number of benzene rings is 2. The van der Waals surface area contributed by atoms with Crippen LogP contribution in [0.3, 0.4) is 0 Å². The second-order valence-corrected chi connectivity index (χ2v) is 6.17. The number of nitrogen functional groups attached to an aromatic ring is 1. The topological polar surface area (TPSA) is 49.9 Å². The number of hydrogen-bond donors (Lipinski definition) is 2. The van der Waals surface area contributed by atoms with Gasteiger partial charge in [-0.25, -0.2) is 0 Å². The summed E-state index contributed by atoms with van der Waals surface area (Å²) in [5.41, 5.74) is 8.89. The molecule has 0 heterocycles. The maximum absolute atomic E-state index is 7.45. The van der Waals surface area contributed by atoms with Crippen LogP contribution < -0.4 is 5.73 Å². The van der Waals surface area contributed by atoms with Crippen LogP contribution in [0.1, 0.15) is 16.7 Å². The molecule has 2 nitrogen and oxygen atoms in total. The molecule has 0 aliphatic carbocycles. The number of thioether (sulfide) groups is 1. The number of halogens is 1. The summed E-state index contributed by atoms with van der Waals surface area (Å²) in [6, 6.07) is 14.3. The zero-order valence-electron chi connectivity index (χ0n) is 10.6. The molecule has 3 N–H and O–H groups in total. The molecule has 0 saturated heterocycles. The van der Waals surface area contributed by atoms with E-state index in [-0.39, 0.29) is 5.84 Å². The Morgan fingerprint density at radius 3 is 2.63 bits per heavy atom. The summed E-state index contributed by atoms with van der Waals surface area (Å²) in [5, 5.41) is 7.45. The lowest BCUT2D eigenvalue weighted by molar-refractivity contribution is 1.29. The van der Waals surface area contributed by atoms with Crippen molar-refractivity contribution < 1.29 is 0 Å². The number of hydrogen-bond acceptors (Lipinski definition) is 2. The average Bonchev–Trinajstić information content (AvgIpc) is 2.37. The highest BCUT2D eigenvalue weighted by Crippen LogP contribution is 2.28. The van der Waals surface area contributed by atoms with Crippen molar-refractivity contribution in [3.8, 4) is 0 Å². The molecule has 0 spiro atoms. The van der Waals surface area contributed by atoms with Gasteiger partial charge in [0, 0.05) is 20.7 Å².